The largest absolute Gasteiger partial charge is 0.504 e. The van der Waals surface area contributed by atoms with Crippen LogP contribution in [0.1, 0.15) is 63.5 Å². The van der Waals surface area contributed by atoms with E-state index >= 15 is 0 Å². The average molecular weight is 641 g/mol. The number of hydrogen-bond donors (Lipinski definition) is 2. The van der Waals surface area contributed by atoms with E-state index in [1.807, 2.05) is 27.7 Å². The van der Waals surface area contributed by atoms with Crippen molar-refractivity contribution >= 4 is 23.5 Å². The van der Waals surface area contributed by atoms with Gasteiger partial charge < -0.3 is 38.6 Å². The van der Waals surface area contributed by atoms with Crippen molar-refractivity contribution in [1.29, 1.82) is 0 Å². The molecule has 0 fully saturated rings. The van der Waals surface area contributed by atoms with Crippen LogP contribution in [0.2, 0.25) is 0 Å². The minimum absolute atomic E-state index is 0.188. The minimum Gasteiger partial charge on any atom is -0.504 e. The minimum atomic E-state index is -1.23. The van der Waals surface area contributed by atoms with Crippen molar-refractivity contribution in [3.8, 4) is 23.0 Å². The number of aliphatic hydroxyl groups excluding tert-OH is 2. The molecule has 0 bridgehead atoms. The summed E-state index contributed by atoms with van der Waals surface area (Å²) in [5.41, 5.74) is -0.444. The van der Waals surface area contributed by atoms with Crippen molar-refractivity contribution in [3.63, 3.8) is 0 Å². The highest BCUT2D eigenvalue weighted by molar-refractivity contribution is 6.24. The van der Waals surface area contributed by atoms with E-state index in [-0.39, 0.29) is 23.7 Å². The first kappa shape index (κ1) is 35.5. The number of carbonyl (C=O) groups is 4. The van der Waals surface area contributed by atoms with Gasteiger partial charge in [0, 0.05) is 11.8 Å². The van der Waals surface area contributed by atoms with Crippen LogP contribution >= 0.6 is 0 Å². The molecule has 0 unspecified atom stereocenters. The van der Waals surface area contributed by atoms with Crippen molar-refractivity contribution in [3.05, 3.63) is 70.2 Å². The lowest BCUT2D eigenvalue weighted by Crippen LogP contribution is -2.31. The number of carbonyl (C=O) groups excluding carboxylic acids is 4. The third-order valence-electron chi connectivity index (χ3n) is 7.23. The second-order valence-electron chi connectivity index (χ2n) is 11.0. The van der Waals surface area contributed by atoms with Gasteiger partial charge in [0.05, 0.1) is 64.6 Å². The highest BCUT2D eigenvalue weighted by Gasteiger charge is 2.43. The summed E-state index contributed by atoms with van der Waals surface area (Å²) in [6.45, 7) is 7.30. The molecule has 2 atom stereocenters. The second kappa shape index (κ2) is 15.3. The summed E-state index contributed by atoms with van der Waals surface area (Å²) in [5, 5.41) is 22.7. The van der Waals surface area contributed by atoms with Crippen LogP contribution in [0, 0.1) is 0 Å². The van der Waals surface area contributed by atoms with Crippen molar-refractivity contribution in [2.75, 3.05) is 28.4 Å². The Kier molecular flexibility index (Phi) is 11.8. The van der Waals surface area contributed by atoms with E-state index in [0.717, 1.165) is 14.2 Å². The zero-order chi connectivity index (χ0) is 34.3. The molecule has 2 N–H and O–H groups in total. The molecule has 0 aromatic heterocycles. The van der Waals surface area contributed by atoms with Gasteiger partial charge in [-0.1, -0.05) is 12.1 Å². The van der Waals surface area contributed by atoms with Crippen LogP contribution in [-0.4, -0.2) is 74.4 Å². The van der Waals surface area contributed by atoms with Gasteiger partial charge in [0.15, 0.2) is 34.5 Å². The molecule has 46 heavy (non-hydrogen) atoms. The number of ether oxygens (including phenoxy) is 6. The molecule has 3 rings (SSSR count). The van der Waals surface area contributed by atoms with E-state index in [1.165, 1.54) is 26.4 Å². The summed E-state index contributed by atoms with van der Waals surface area (Å²) >= 11 is 0. The monoisotopic (exact) mass is 640 g/mol. The first-order chi connectivity index (χ1) is 21.8. The number of methoxy groups -OCH3 is 4. The molecule has 0 spiro atoms. The quantitative estimate of drug-likeness (QED) is 0.209. The topological polar surface area (TPSA) is 164 Å². The SMILES string of the molecule is COC(=O)C[C@H](C1=C(O)C(=O)C([C@H](CC(=O)OC)c2ccc(OC(C)C)c(OC)c2)=C(O)C1=O)c1ccc(OC(C)C)c(OC)c1. The van der Waals surface area contributed by atoms with Crippen LogP contribution in [0.4, 0.5) is 0 Å². The number of rotatable bonds is 14. The van der Waals surface area contributed by atoms with E-state index in [2.05, 4.69) is 0 Å². The highest BCUT2D eigenvalue weighted by atomic mass is 16.5. The van der Waals surface area contributed by atoms with Gasteiger partial charge in [-0.05, 0) is 63.1 Å². The number of benzene rings is 2. The Morgan fingerprint density at radius 3 is 1.24 bits per heavy atom. The van der Waals surface area contributed by atoms with E-state index in [4.69, 9.17) is 28.4 Å². The zero-order valence-electron chi connectivity index (χ0n) is 27.2. The molecule has 1 aliphatic carbocycles. The number of esters is 2. The summed E-state index contributed by atoms with van der Waals surface area (Å²) in [7, 11) is 5.12. The van der Waals surface area contributed by atoms with Crippen molar-refractivity contribution in [2.24, 2.45) is 0 Å². The maximum Gasteiger partial charge on any atom is 0.306 e. The summed E-state index contributed by atoms with van der Waals surface area (Å²) in [4.78, 5) is 52.8. The van der Waals surface area contributed by atoms with Gasteiger partial charge in [-0.2, -0.15) is 0 Å². The second-order valence-corrected chi connectivity index (χ2v) is 11.0. The molecule has 2 aromatic carbocycles. The van der Waals surface area contributed by atoms with Gasteiger partial charge in [0.2, 0.25) is 11.6 Å². The third-order valence-corrected chi connectivity index (χ3v) is 7.23. The fourth-order valence-electron chi connectivity index (χ4n) is 5.14. The number of aliphatic hydroxyl groups is 2. The van der Waals surface area contributed by atoms with Crippen LogP contribution in [0.5, 0.6) is 23.0 Å². The summed E-state index contributed by atoms with van der Waals surface area (Å²) in [6.07, 6.45) is -1.31. The molecule has 0 saturated carbocycles. The van der Waals surface area contributed by atoms with Crippen LogP contribution in [0.15, 0.2) is 59.1 Å². The number of allylic oxidation sites excluding steroid dienone is 2. The molecule has 12 nitrogen and oxygen atoms in total. The van der Waals surface area contributed by atoms with Gasteiger partial charge in [0.25, 0.3) is 0 Å². The van der Waals surface area contributed by atoms with Gasteiger partial charge in [-0.3, -0.25) is 19.2 Å². The van der Waals surface area contributed by atoms with Gasteiger partial charge in [-0.15, -0.1) is 0 Å². The smallest absolute Gasteiger partial charge is 0.306 e. The average Bonchev–Trinajstić information content (AvgIpc) is 3.02. The van der Waals surface area contributed by atoms with Crippen molar-refractivity contribution in [1.82, 2.24) is 0 Å². The Labute approximate surface area is 267 Å². The molecular weight excluding hydrogens is 600 g/mol. The molecule has 0 amide bonds. The van der Waals surface area contributed by atoms with Gasteiger partial charge in [0.1, 0.15) is 0 Å². The number of Topliss-reactive ketones (excluding diaryl/α,β-unsaturated/α-hetero) is 2. The van der Waals surface area contributed by atoms with E-state index in [0.29, 0.717) is 22.6 Å². The maximum atomic E-state index is 13.9. The highest BCUT2D eigenvalue weighted by Crippen LogP contribution is 2.43. The lowest BCUT2D eigenvalue weighted by molar-refractivity contribution is -0.142. The first-order valence-corrected chi connectivity index (χ1v) is 14.6. The molecular formula is C34H40O12. The zero-order valence-corrected chi connectivity index (χ0v) is 27.2. The Bertz CT molecular complexity index is 1430. The number of hydrogen-bond acceptors (Lipinski definition) is 12. The predicted molar refractivity (Wildman–Crippen MR) is 166 cm³/mol. The molecule has 2 aromatic rings. The van der Waals surface area contributed by atoms with Crippen LogP contribution in [-0.2, 0) is 28.7 Å². The van der Waals surface area contributed by atoms with Gasteiger partial charge in [-0.25, -0.2) is 0 Å². The molecule has 0 heterocycles. The molecule has 1 aliphatic rings. The molecule has 248 valence electrons. The fourth-order valence-corrected chi connectivity index (χ4v) is 5.14. The lowest BCUT2D eigenvalue weighted by Gasteiger charge is -2.28. The predicted octanol–water partition coefficient (Wildman–Crippen LogP) is 5.05. The third kappa shape index (κ3) is 7.79. The Morgan fingerprint density at radius 1 is 0.609 bits per heavy atom. The molecule has 0 aliphatic heterocycles. The summed E-state index contributed by atoms with van der Waals surface area (Å²) in [6, 6.07) is 9.25. The molecule has 0 saturated heterocycles. The van der Waals surface area contributed by atoms with Crippen molar-refractivity contribution in [2.45, 2.75) is 64.6 Å². The molecule has 0 radical (unpaired) electrons. The van der Waals surface area contributed by atoms with Crippen LogP contribution in [0.25, 0.3) is 0 Å². The Balaban J connectivity index is 2.19. The standard InChI is InChI=1S/C34H40O12/c1-17(2)45-23-11-9-19(13-25(23)41-5)21(15-27(35)43-7)29-31(37)33(39)30(34(40)32(29)38)22(16-28(36)44-8)20-10-12-24(46-18(3)4)26(14-20)42-6/h9-14,17-18,21-22,37,40H,15-16H2,1-8H3/t21-,22+. The fraction of sp³-hybridized carbons (Fsp3) is 0.412. The van der Waals surface area contributed by atoms with E-state index in [9.17, 15) is 29.4 Å². The lowest BCUT2D eigenvalue weighted by atomic mass is 9.75. The summed E-state index contributed by atoms with van der Waals surface area (Å²) in [5.74, 6) is -6.85. The normalized spacial score (nSPS) is 14.7. The number of ketones is 2. The van der Waals surface area contributed by atoms with Crippen LogP contribution in [0.3, 0.4) is 0 Å². The van der Waals surface area contributed by atoms with Crippen LogP contribution < -0.4 is 18.9 Å². The van der Waals surface area contributed by atoms with E-state index in [1.54, 1.807) is 24.3 Å². The maximum absolute atomic E-state index is 13.9. The first-order valence-electron chi connectivity index (χ1n) is 14.6. The molecule has 12 heteroatoms. The Hall–Kier alpha value is -5.00. The van der Waals surface area contributed by atoms with E-state index < -0.39 is 70.8 Å². The van der Waals surface area contributed by atoms with Crippen molar-refractivity contribution < 1.29 is 57.8 Å². The Morgan fingerprint density at radius 2 is 0.957 bits per heavy atom. The summed E-state index contributed by atoms with van der Waals surface area (Å²) < 4.78 is 32.1. The van der Waals surface area contributed by atoms with Gasteiger partial charge >= 0.3 is 11.9 Å².